The number of hydrogen-bond acceptors (Lipinski definition) is 7. The van der Waals surface area contributed by atoms with Crippen LogP contribution in [0.5, 0.6) is 0 Å². The van der Waals surface area contributed by atoms with Gasteiger partial charge < -0.3 is 9.64 Å². The zero-order valence-electron chi connectivity index (χ0n) is 15.1. The minimum Gasteiger partial charge on any atom is -0.454 e. The molecule has 0 heterocycles. The first kappa shape index (κ1) is 23.4. The summed E-state index contributed by atoms with van der Waals surface area (Å²) in [7, 11) is -3.98. The van der Waals surface area contributed by atoms with Crippen molar-refractivity contribution in [3.05, 3.63) is 29.3 Å². The van der Waals surface area contributed by atoms with Gasteiger partial charge in [0.25, 0.3) is 5.91 Å². The Morgan fingerprint density at radius 2 is 1.71 bits per heavy atom. The van der Waals surface area contributed by atoms with Gasteiger partial charge in [0.15, 0.2) is 6.61 Å². The molecule has 0 radical (unpaired) electrons. The van der Waals surface area contributed by atoms with E-state index in [2.05, 4.69) is 4.72 Å². The maximum atomic E-state index is 12.2. The van der Waals surface area contributed by atoms with E-state index in [1.807, 2.05) is 12.1 Å². The average Bonchev–Trinajstić information content (AvgIpc) is 2.65. The van der Waals surface area contributed by atoms with Crippen LogP contribution in [-0.2, 0) is 24.3 Å². The number of hydrogen-bond donors (Lipinski definition) is 1. The van der Waals surface area contributed by atoms with Gasteiger partial charge in [-0.1, -0.05) is 11.6 Å². The summed E-state index contributed by atoms with van der Waals surface area (Å²) in [5.74, 6) is -1.52. The van der Waals surface area contributed by atoms with Crippen LogP contribution in [0.2, 0.25) is 5.02 Å². The fourth-order valence-corrected chi connectivity index (χ4v) is 3.36. The topological polar surface area (TPSA) is 140 Å². The van der Waals surface area contributed by atoms with Gasteiger partial charge in [-0.15, -0.1) is 0 Å². The van der Waals surface area contributed by atoms with E-state index in [1.165, 1.54) is 36.1 Å². The maximum absolute atomic E-state index is 12.2. The average molecular weight is 427 g/mol. The monoisotopic (exact) mass is 426 g/mol. The second-order valence-electron chi connectivity index (χ2n) is 5.60. The molecule has 0 aromatic heterocycles. The van der Waals surface area contributed by atoms with Gasteiger partial charge in [-0.25, -0.2) is 8.42 Å². The first-order chi connectivity index (χ1) is 13.2. The normalized spacial score (nSPS) is 11.7. The molecule has 0 fully saturated rings. The minimum atomic E-state index is -3.98. The predicted molar refractivity (Wildman–Crippen MR) is 99.2 cm³/mol. The van der Waals surface area contributed by atoms with E-state index in [-0.39, 0.29) is 30.8 Å². The molecule has 0 bridgehead atoms. The third-order valence-electron chi connectivity index (χ3n) is 3.49. The van der Waals surface area contributed by atoms with E-state index in [9.17, 15) is 18.0 Å². The minimum absolute atomic E-state index is 0.0718. The number of carbonyl (C=O) groups is 2. The van der Waals surface area contributed by atoms with Gasteiger partial charge in [-0.05, 0) is 31.2 Å². The van der Waals surface area contributed by atoms with Gasteiger partial charge in [-0.2, -0.15) is 15.2 Å². The van der Waals surface area contributed by atoms with Crippen LogP contribution in [0, 0.1) is 22.7 Å². The molecule has 0 saturated heterocycles. The molecule has 0 aliphatic rings. The third kappa shape index (κ3) is 7.53. The number of halogens is 1. The molecule has 1 N–H and O–H groups in total. The van der Waals surface area contributed by atoms with Crippen molar-refractivity contribution in [2.45, 2.75) is 30.7 Å². The van der Waals surface area contributed by atoms with Crippen LogP contribution in [0.15, 0.2) is 29.2 Å². The van der Waals surface area contributed by atoms with E-state index in [1.54, 1.807) is 0 Å². The quantitative estimate of drug-likeness (QED) is 0.554. The van der Waals surface area contributed by atoms with Gasteiger partial charge in [0, 0.05) is 18.1 Å². The van der Waals surface area contributed by atoms with Crippen LogP contribution in [0.25, 0.3) is 0 Å². The first-order valence-corrected chi connectivity index (χ1v) is 10.0. The predicted octanol–water partition coefficient (Wildman–Crippen LogP) is 1.21. The van der Waals surface area contributed by atoms with Crippen molar-refractivity contribution in [2.75, 3.05) is 19.7 Å². The molecule has 1 amide bonds. The van der Waals surface area contributed by atoms with Crippen molar-refractivity contribution in [3.63, 3.8) is 0 Å². The van der Waals surface area contributed by atoms with Crippen molar-refractivity contribution in [1.29, 1.82) is 10.5 Å². The summed E-state index contributed by atoms with van der Waals surface area (Å²) < 4.78 is 31.5. The molecule has 1 unspecified atom stereocenters. The van der Waals surface area contributed by atoms with Crippen LogP contribution >= 0.6 is 11.6 Å². The fourth-order valence-electron chi connectivity index (χ4n) is 2.04. The number of amides is 1. The molecule has 0 spiro atoms. The Labute approximate surface area is 168 Å². The fraction of sp³-hybridized carbons (Fsp3) is 0.412. The number of rotatable bonds is 10. The standard InChI is InChI=1S/C17H19ClN4O5S/c1-13(21-28(25,26)15-6-4-14(18)5-7-15)17(24)27-12-16(23)22(10-2-8-19)11-3-9-20/h4-7,13,21H,2-3,10-12H2,1H3. The number of esters is 1. The number of carbonyl (C=O) groups excluding carboxylic acids is 2. The highest BCUT2D eigenvalue weighted by Crippen LogP contribution is 2.14. The summed E-state index contributed by atoms with van der Waals surface area (Å²) >= 11 is 5.72. The third-order valence-corrected chi connectivity index (χ3v) is 5.30. The highest BCUT2D eigenvalue weighted by molar-refractivity contribution is 7.89. The SMILES string of the molecule is CC(NS(=O)(=O)c1ccc(Cl)cc1)C(=O)OCC(=O)N(CCC#N)CCC#N. The zero-order valence-corrected chi connectivity index (χ0v) is 16.7. The van der Waals surface area contributed by atoms with Crippen molar-refractivity contribution in [2.24, 2.45) is 0 Å². The molecular formula is C17H19ClN4O5S. The molecule has 1 aromatic rings. The summed E-state index contributed by atoms with van der Waals surface area (Å²) in [6, 6.07) is 7.91. The van der Waals surface area contributed by atoms with E-state index in [4.69, 9.17) is 26.9 Å². The lowest BCUT2D eigenvalue weighted by atomic mass is 10.3. The molecule has 150 valence electrons. The summed E-state index contributed by atoms with van der Waals surface area (Å²) in [6.45, 7) is 0.868. The summed E-state index contributed by atoms with van der Waals surface area (Å²) in [5, 5.41) is 17.6. The van der Waals surface area contributed by atoms with E-state index in [0.717, 1.165) is 0 Å². The number of sulfonamides is 1. The Hall–Kier alpha value is -2.66. The van der Waals surface area contributed by atoms with Crippen LogP contribution in [-0.4, -0.2) is 50.9 Å². The molecule has 1 atom stereocenters. The Kier molecular flexibility index (Phi) is 9.39. The molecule has 1 aromatic carbocycles. The van der Waals surface area contributed by atoms with Crippen molar-refractivity contribution < 1.29 is 22.7 Å². The molecule has 0 aliphatic carbocycles. The first-order valence-electron chi connectivity index (χ1n) is 8.17. The number of ether oxygens (including phenoxy) is 1. The number of nitrogens with zero attached hydrogens (tertiary/aromatic N) is 3. The number of nitrogens with one attached hydrogen (secondary N) is 1. The van der Waals surface area contributed by atoms with Crippen molar-refractivity contribution >= 4 is 33.5 Å². The van der Waals surface area contributed by atoms with E-state index in [0.29, 0.717) is 5.02 Å². The molecule has 1 rings (SSSR count). The maximum Gasteiger partial charge on any atom is 0.324 e. The summed E-state index contributed by atoms with van der Waals surface area (Å²) in [6.07, 6.45) is 0.144. The highest BCUT2D eigenvalue weighted by Gasteiger charge is 2.24. The molecule has 28 heavy (non-hydrogen) atoms. The van der Waals surface area contributed by atoms with Gasteiger partial charge in [0.1, 0.15) is 6.04 Å². The van der Waals surface area contributed by atoms with Gasteiger partial charge >= 0.3 is 5.97 Å². The lowest BCUT2D eigenvalue weighted by Crippen LogP contribution is -2.42. The largest absolute Gasteiger partial charge is 0.454 e. The Morgan fingerprint density at radius 3 is 2.21 bits per heavy atom. The summed E-state index contributed by atoms with van der Waals surface area (Å²) in [5.41, 5.74) is 0. The van der Waals surface area contributed by atoms with Gasteiger partial charge in [0.2, 0.25) is 10.0 Å². The van der Waals surface area contributed by atoms with Crippen molar-refractivity contribution in [3.8, 4) is 12.1 Å². The zero-order chi connectivity index (χ0) is 21.2. The number of nitriles is 2. The Balaban J connectivity index is 2.63. The van der Waals surface area contributed by atoms with Crippen LogP contribution < -0.4 is 4.72 Å². The molecule has 0 saturated carbocycles. The Bertz CT molecular complexity index is 856. The second kappa shape index (κ2) is 11.2. The number of benzene rings is 1. The second-order valence-corrected chi connectivity index (χ2v) is 7.75. The molecule has 11 heteroatoms. The van der Waals surface area contributed by atoms with Crippen LogP contribution in [0.4, 0.5) is 0 Å². The van der Waals surface area contributed by atoms with Gasteiger partial charge in [-0.3, -0.25) is 9.59 Å². The Morgan fingerprint density at radius 1 is 1.18 bits per heavy atom. The molecule has 0 aliphatic heterocycles. The molecule has 9 nitrogen and oxygen atoms in total. The van der Waals surface area contributed by atoms with E-state index < -0.39 is 34.5 Å². The van der Waals surface area contributed by atoms with Crippen LogP contribution in [0.3, 0.4) is 0 Å². The lowest BCUT2D eigenvalue weighted by molar-refractivity contribution is -0.153. The van der Waals surface area contributed by atoms with Gasteiger partial charge in [0.05, 0.1) is 29.9 Å². The van der Waals surface area contributed by atoms with E-state index >= 15 is 0 Å². The van der Waals surface area contributed by atoms with Crippen molar-refractivity contribution in [1.82, 2.24) is 9.62 Å². The van der Waals surface area contributed by atoms with Crippen LogP contribution in [0.1, 0.15) is 19.8 Å². The smallest absolute Gasteiger partial charge is 0.324 e. The lowest BCUT2D eigenvalue weighted by Gasteiger charge is -2.20. The molecular weight excluding hydrogens is 408 g/mol. The summed E-state index contributed by atoms with van der Waals surface area (Å²) in [4.78, 5) is 25.3. The highest BCUT2D eigenvalue weighted by atomic mass is 35.5.